The number of allylic oxidation sites excluding steroid dienone is 1. The summed E-state index contributed by atoms with van der Waals surface area (Å²) in [4.78, 5) is 23.4. The molecule has 0 aromatic heterocycles. The van der Waals surface area contributed by atoms with Crippen molar-refractivity contribution in [3.8, 4) is 23.0 Å². The van der Waals surface area contributed by atoms with Crippen molar-refractivity contribution < 1.29 is 34.4 Å². The van der Waals surface area contributed by atoms with E-state index in [9.17, 15) is 24.9 Å². The molecule has 3 N–H and O–H groups in total. The van der Waals surface area contributed by atoms with Gasteiger partial charge in [0.15, 0.2) is 17.3 Å². The molecule has 166 valence electrons. The van der Waals surface area contributed by atoms with Crippen molar-refractivity contribution in [2.75, 3.05) is 7.11 Å². The van der Waals surface area contributed by atoms with Crippen molar-refractivity contribution in [3.63, 3.8) is 0 Å². The van der Waals surface area contributed by atoms with Crippen LogP contribution in [-0.2, 0) is 4.79 Å². The van der Waals surface area contributed by atoms with Gasteiger partial charge in [0.2, 0.25) is 0 Å². The number of aliphatic hydroxyl groups excluding tert-OH is 1. The zero-order valence-electron chi connectivity index (χ0n) is 18.3. The standard InChI is InChI=1S/C24H28O7/c1-13(2)10-18(26)17-8-9-20(21(24(28)29)23(17)30-5)31-22-16(7-6-15(4)25)11-14(3)12-19(22)27/h6-9,11-13,18,26-27H,10H2,1-5H3,(H,28,29)/t18-/m1/s1. The van der Waals surface area contributed by atoms with Crippen LogP contribution in [-0.4, -0.2) is 34.2 Å². The highest BCUT2D eigenvalue weighted by molar-refractivity contribution is 5.95. The second-order valence-corrected chi connectivity index (χ2v) is 7.76. The summed E-state index contributed by atoms with van der Waals surface area (Å²) < 4.78 is 11.2. The first-order valence-electron chi connectivity index (χ1n) is 9.87. The Morgan fingerprint density at radius 2 is 1.84 bits per heavy atom. The molecule has 0 amide bonds. The van der Waals surface area contributed by atoms with Crippen LogP contribution in [0.1, 0.15) is 60.3 Å². The summed E-state index contributed by atoms with van der Waals surface area (Å²) in [6.45, 7) is 7.05. The summed E-state index contributed by atoms with van der Waals surface area (Å²) in [5, 5.41) is 30.8. The number of aromatic carboxylic acids is 1. The zero-order valence-corrected chi connectivity index (χ0v) is 18.3. The van der Waals surface area contributed by atoms with Crippen LogP contribution in [0.25, 0.3) is 6.08 Å². The molecule has 0 bridgehead atoms. The lowest BCUT2D eigenvalue weighted by molar-refractivity contribution is -0.112. The highest BCUT2D eigenvalue weighted by Crippen LogP contribution is 2.42. The number of benzene rings is 2. The van der Waals surface area contributed by atoms with Gasteiger partial charge in [-0.1, -0.05) is 13.8 Å². The van der Waals surface area contributed by atoms with E-state index < -0.39 is 12.1 Å². The normalized spacial score (nSPS) is 12.2. The number of aryl methyl sites for hydroxylation is 1. The van der Waals surface area contributed by atoms with Crippen molar-refractivity contribution in [1.29, 1.82) is 0 Å². The minimum Gasteiger partial charge on any atom is -0.504 e. The average molecular weight is 428 g/mol. The van der Waals surface area contributed by atoms with Crippen LogP contribution < -0.4 is 9.47 Å². The number of aromatic hydroxyl groups is 1. The van der Waals surface area contributed by atoms with E-state index in [1.165, 1.54) is 38.3 Å². The highest BCUT2D eigenvalue weighted by atomic mass is 16.5. The number of ketones is 1. The fraction of sp³-hybridized carbons (Fsp3) is 0.333. The third-order valence-electron chi connectivity index (χ3n) is 4.57. The number of aliphatic hydroxyl groups is 1. The van der Waals surface area contributed by atoms with E-state index >= 15 is 0 Å². The lowest BCUT2D eigenvalue weighted by Crippen LogP contribution is -2.10. The summed E-state index contributed by atoms with van der Waals surface area (Å²) in [5.74, 6) is -1.59. The van der Waals surface area contributed by atoms with Gasteiger partial charge in [-0.15, -0.1) is 0 Å². The molecule has 0 fully saturated rings. The second-order valence-electron chi connectivity index (χ2n) is 7.76. The molecule has 7 nitrogen and oxygen atoms in total. The van der Waals surface area contributed by atoms with Gasteiger partial charge in [-0.25, -0.2) is 4.79 Å². The molecule has 2 aromatic rings. The van der Waals surface area contributed by atoms with E-state index in [4.69, 9.17) is 9.47 Å². The van der Waals surface area contributed by atoms with E-state index in [1.807, 2.05) is 13.8 Å². The Bertz CT molecular complexity index is 1010. The van der Waals surface area contributed by atoms with Crippen molar-refractivity contribution in [3.05, 3.63) is 52.6 Å². The van der Waals surface area contributed by atoms with Gasteiger partial charge in [-0.05, 0) is 68.2 Å². The minimum atomic E-state index is -1.31. The SMILES string of the molecule is COc1c([C@H](O)CC(C)C)ccc(Oc2c(O)cc(C)cc2C=CC(C)=O)c1C(=O)O. The summed E-state index contributed by atoms with van der Waals surface area (Å²) in [6.07, 6.45) is 2.33. The summed E-state index contributed by atoms with van der Waals surface area (Å²) in [5.41, 5.74) is 1.21. The van der Waals surface area contributed by atoms with Gasteiger partial charge >= 0.3 is 5.97 Å². The second kappa shape index (κ2) is 10.1. The molecule has 2 rings (SSSR count). The van der Waals surface area contributed by atoms with Crippen LogP contribution >= 0.6 is 0 Å². The fourth-order valence-corrected chi connectivity index (χ4v) is 3.26. The third-order valence-corrected chi connectivity index (χ3v) is 4.57. The third kappa shape index (κ3) is 5.86. The Morgan fingerprint density at radius 3 is 2.39 bits per heavy atom. The Labute approximate surface area is 181 Å². The average Bonchev–Trinajstić information content (AvgIpc) is 2.66. The van der Waals surface area contributed by atoms with Crippen LogP contribution in [0, 0.1) is 12.8 Å². The smallest absolute Gasteiger partial charge is 0.343 e. The van der Waals surface area contributed by atoms with Crippen molar-refractivity contribution >= 4 is 17.8 Å². The number of hydrogen-bond acceptors (Lipinski definition) is 6. The summed E-state index contributed by atoms with van der Waals surface area (Å²) >= 11 is 0. The molecule has 0 aliphatic rings. The Hall–Kier alpha value is -3.32. The zero-order chi connectivity index (χ0) is 23.3. The molecule has 31 heavy (non-hydrogen) atoms. The summed E-state index contributed by atoms with van der Waals surface area (Å²) in [6, 6.07) is 6.14. The predicted octanol–water partition coefficient (Wildman–Crippen LogP) is 4.88. The van der Waals surface area contributed by atoms with E-state index in [-0.39, 0.29) is 40.3 Å². The van der Waals surface area contributed by atoms with Gasteiger partial charge in [0.05, 0.1) is 13.2 Å². The molecule has 0 aliphatic carbocycles. The number of carbonyl (C=O) groups excluding carboxylic acids is 1. The Kier molecular flexibility index (Phi) is 7.83. The monoisotopic (exact) mass is 428 g/mol. The van der Waals surface area contributed by atoms with Crippen LogP contribution in [0.4, 0.5) is 0 Å². The fourth-order valence-electron chi connectivity index (χ4n) is 3.26. The lowest BCUT2D eigenvalue weighted by Gasteiger charge is -2.20. The molecule has 1 atom stereocenters. The topological polar surface area (TPSA) is 113 Å². The maximum atomic E-state index is 12.1. The van der Waals surface area contributed by atoms with Gasteiger partial charge in [-0.2, -0.15) is 0 Å². The quantitative estimate of drug-likeness (QED) is 0.488. The number of methoxy groups -OCH3 is 1. The van der Waals surface area contributed by atoms with Gasteiger partial charge in [0, 0.05) is 11.1 Å². The highest BCUT2D eigenvalue weighted by Gasteiger charge is 2.26. The number of carbonyl (C=O) groups is 2. The molecule has 0 saturated heterocycles. The first kappa shape index (κ1) is 24.0. The van der Waals surface area contributed by atoms with Crippen molar-refractivity contribution in [1.82, 2.24) is 0 Å². The van der Waals surface area contributed by atoms with Crippen LogP contribution in [0.15, 0.2) is 30.3 Å². The van der Waals surface area contributed by atoms with Crippen molar-refractivity contribution in [2.24, 2.45) is 5.92 Å². The molecular formula is C24H28O7. The Balaban J connectivity index is 2.63. The van der Waals surface area contributed by atoms with Gasteiger partial charge in [0.25, 0.3) is 0 Å². The maximum Gasteiger partial charge on any atom is 0.343 e. The number of hydrogen-bond donors (Lipinski definition) is 3. The molecule has 0 radical (unpaired) electrons. The van der Waals surface area contributed by atoms with Crippen LogP contribution in [0.3, 0.4) is 0 Å². The first-order chi connectivity index (χ1) is 14.5. The summed E-state index contributed by atoms with van der Waals surface area (Å²) in [7, 11) is 1.32. The van der Waals surface area contributed by atoms with Gasteiger partial charge < -0.3 is 24.8 Å². The van der Waals surface area contributed by atoms with Crippen molar-refractivity contribution in [2.45, 2.75) is 40.2 Å². The molecule has 7 heteroatoms. The number of carboxylic acids is 1. The van der Waals surface area contributed by atoms with E-state index in [2.05, 4.69) is 0 Å². The van der Waals surface area contributed by atoms with Crippen LogP contribution in [0.5, 0.6) is 23.0 Å². The lowest BCUT2D eigenvalue weighted by atomic mass is 9.96. The molecule has 0 spiro atoms. The molecule has 0 heterocycles. The molecule has 0 saturated carbocycles. The Morgan fingerprint density at radius 1 is 1.16 bits per heavy atom. The largest absolute Gasteiger partial charge is 0.504 e. The molecule has 0 aliphatic heterocycles. The minimum absolute atomic E-state index is 0.00290. The van der Waals surface area contributed by atoms with Gasteiger partial charge in [0.1, 0.15) is 17.1 Å². The van der Waals surface area contributed by atoms with E-state index in [1.54, 1.807) is 19.1 Å². The number of phenolic OH excluding ortho intramolecular Hbond substituents is 1. The predicted molar refractivity (Wildman–Crippen MR) is 117 cm³/mol. The maximum absolute atomic E-state index is 12.1. The van der Waals surface area contributed by atoms with E-state index in [0.29, 0.717) is 17.5 Å². The number of phenols is 1. The van der Waals surface area contributed by atoms with Gasteiger partial charge in [-0.3, -0.25) is 4.79 Å². The molecule has 0 unspecified atom stereocenters. The van der Waals surface area contributed by atoms with E-state index in [0.717, 1.165) is 5.56 Å². The first-order valence-corrected chi connectivity index (χ1v) is 9.87. The number of carboxylic acid groups (broad SMARTS) is 1. The van der Waals surface area contributed by atoms with Crippen LogP contribution in [0.2, 0.25) is 0 Å². The molecular weight excluding hydrogens is 400 g/mol. The number of rotatable bonds is 9. The number of ether oxygens (including phenoxy) is 2. The molecule has 2 aromatic carbocycles.